The van der Waals surface area contributed by atoms with Gasteiger partial charge in [0.1, 0.15) is 0 Å². The Balaban J connectivity index is -0.000000722. The van der Waals surface area contributed by atoms with Crippen LogP contribution in [0.1, 0.15) is 237 Å². The fourth-order valence-corrected chi connectivity index (χ4v) is 26.0. The molecular weight excluding hydrogens is 726 g/mol. The summed E-state index contributed by atoms with van der Waals surface area (Å²) in [6.07, 6.45) is 38.0. The van der Waals surface area contributed by atoms with E-state index < -0.39 is 20.7 Å². The van der Waals surface area contributed by atoms with Gasteiger partial charge in [0.05, 0.1) is 0 Å². The molecule has 0 amide bonds. The van der Waals surface area contributed by atoms with E-state index in [1.54, 1.807) is 0 Å². The second-order valence-corrected chi connectivity index (χ2v) is 34.7. The number of unbranched alkanes of at least 4 members (excludes halogenated alkanes) is 12. The van der Waals surface area contributed by atoms with Gasteiger partial charge in [0, 0.05) is 0 Å². The molecule has 0 aromatic heterocycles. The Bertz CT molecular complexity index is 584. The van der Waals surface area contributed by atoms with Crippen LogP contribution in [0.25, 0.3) is 0 Å². The van der Waals surface area contributed by atoms with Gasteiger partial charge in [-0.3, -0.25) is 0 Å². The summed E-state index contributed by atoms with van der Waals surface area (Å²) < 4.78 is 48.2. The Morgan fingerprint density at radius 1 is 0.185 bits per heavy atom. The molecule has 0 radical (unpaired) electrons. The van der Waals surface area contributed by atoms with Gasteiger partial charge >= 0.3 is 344 Å². The van der Waals surface area contributed by atoms with Crippen molar-refractivity contribution in [2.75, 3.05) is 73.9 Å². The Hall–Kier alpha value is 1.08. The molecule has 54 heavy (non-hydrogen) atoms. The van der Waals surface area contributed by atoms with Crippen LogP contribution in [0.2, 0.25) is 0 Å². The van der Waals surface area contributed by atoms with Crippen LogP contribution in [0.15, 0.2) is 0 Å². The number of halogens is 3. The molecule has 0 fully saturated rings. The number of hydrogen-bond donors (Lipinski definition) is 0. The number of rotatable bonds is 36. The second kappa shape index (κ2) is 33.9. The van der Waals surface area contributed by atoms with Crippen molar-refractivity contribution in [3.8, 4) is 0 Å². The monoisotopic (exact) mass is 835 g/mol. The zero-order valence-corrected chi connectivity index (χ0v) is 42.6. The molecule has 0 aliphatic carbocycles. The normalized spacial score (nSPS) is 14.4. The van der Waals surface area contributed by atoms with Crippen LogP contribution in [-0.4, -0.2) is 73.9 Å². The summed E-state index contributed by atoms with van der Waals surface area (Å²) in [5, 5.41) is 0. The third kappa shape index (κ3) is 27.0. The molecule has 0 unspecified atom stereocenters. The van der Waals surface area contributed by atoms with Crippen molar-refractivity contribution in [2.24, 2.45) is 0 Å². The first-order valence-electron chi connectivity index (χ1n) is 24.8. The Morgan fingerprint density at radius 2 is 0.259 bits per heavy atom. The third-order valence-electron chi connectivity index (χ3n) is 12.8. The summed E-state index contributed by atoms with van der Waals surface area (Å²) in [5.74, 6) is 0. The molecule has 0 bridgehead atoms. The van der Waals surface area contributed by atoms with Gasteiger partial charge in [0.15, 0.2) is 0 Å². The van der Waals surface area contributed by atoms with E-state index in [0.717, 1.165) is 228 Å². The Morgan fingerprint density at radius 3 is 0.315 bits per heavy atom. The molecular formula is C48H108F3P3. The van der Waals surface area contributed by atoms with Crippen molar-refractivity contribution >= 4 is 20.7 Å². The zero-order valence-electron chi connectivity index (χ0n) is 39.9. The van der Waals surface area contributed by atoms with Gasteiger partial charge in [-0.15, -0.1) is 0 Å². The molecule has 336 valence electrons. The topological polar surface area (TPSA) is 0 Å². The molecule has 0 spiro atoms. The van der Waals surface area contributed by atoms with Gasteiger partial charge in [-0.25, -0.2) is 0 Å². The molecule has 6 heteroatoms. The molecule has 0 saturated heterocycles. The molecule has 0 nitrogen and oxygen atoms in total. The molecule has 0 N–H and O–H groups in total. The molecule has 0 aliphatic heterocycles. The van der Waals surface area contributed by atoms with E-state index in [1.165, 1.54) is 0 Å². The summed E-state index contributed by atoms with van der Waals surface area (Å²) in [6, 6.07) is 0. The first-order chi connectivity index (χ1) is 25.6. The van der Waals surface area contributed by atoms with Crippen LogP contribution >= 0.6 is 20.7 Å². The maximum atomic E-state index is 16.1. The fourth-order valence-electron chi connectivity index (χ4n) is 8.65. The van der Waals surface area contributed by atoms with Crippen molar-refractivity contribution in [3.63, 3.8) is 0 Å². The zero-order chi connectivity index (χ0) is 41.8. The molecule has 0 aromatic rings. The van der Waals surface area contributed by atoms with E-state index in [2.05, 4.69) is 83.1 Å². The first kappa shape index (κ1) is 59.4. The molecule has 0 aliphatic rings. The Labute approximate surface area is 343 Å². The van der Waals surface area contributed by atoms with E-state index in [-0.39, 0.29) is 0 Å². The molecule has 0 atom stereocenters. The van der Waals surface area contributed by atoms with Crippen LogP contribution in [0.5, 0.6) is 0 Å². The average molecular weight is 835 g/mol. The minimum absolute atomic E-state index is 0.919. The van der Waals surface area contributed by atoms with Crippen LogP contribution in [0, 0.1) is 0 Å². The van der Waals surface area contributed by atoms with Crippen LogP contribution in [0.4, 0.5) is 12.6 Å². The molecule has 0 aromatic carbocycles. The van der Waals surface area contributed by atoms with Crippen LogP contribution < -0.4 is 0 Å². The van der Waals surface area contributed by atoms with Crippen molar-refractivity contribution in [1.82, 2.24) is 0 Å². The fraction of sp³-hybridized carbons (Fsp3) is 1.00. The quantitative estimate of drug-likeness (QED) is 0.0552. The van der Waals surface area contributed by atoms with Crippen molar-refractivity contribution in [2.45, 2.75) is 237 Å². The summed E-state index contributed by atoms with van der Waals surface area (Å²) in [6.45, 7) is 17.8. The standard InChI is InChI=1S/3C16H36FP/c3*1-5-9-13-18(17,14-10-6-2,15-11-7-3)16-12-8-4/h3*5-16H2,1-4H3. The summed E-state index contributed by atoms with van der Waals surface area (Å²) >= 11 is 0. The minimum atomic E-state index is -2.86. The number of hydrogen-bond acceptors (Lipinski definition) is 0. The SMILES string of the molecule is CCCCP(F)(CCCC)(CCCC)CCCC.CCCCP(F)(CCCC)(CCCC)CCCC.CCCCP(F)(CCCC)(CCCC)CCCC. The predicted molar refractivity (Wildman–Crippen MR) is 261 cm³/mol. The summed E-state index contributed by atoms with van der Waals surface area (Å²) in [4.78, 5) is 0. The molecule has 0 heterocycles. The van der Waals surface area contributed by atoms with E-state index >= 15 is 12.6 Å². The van der Waals surface area contributed by atoms with E-state index in [4.69, 9.17) is 0 Å². The van der Waals surface area contributed by atoms with Crippen molar-refractivity contribution in [1.29, 1.82) is 0 Å². The maximum absolute atomic E-state index is 16.1. The van der Waals surface area contributed by atoms with Gasteiger partial charge in [0.25, 0.3) is 0 Å². The van der Waals surface area contributed by atoms with E-state index in [0.29, 0.717) is 0 Å². The molecule has 0 rings (SSSR count). The van der Waals surface area contributed by atoms with Crippen molar-refractivity contribution < 1.29 is 12.6 Å². The summed E-state index contributed by atoms with van der Waals surface area (Å²) in [5.41, 5.74) is 0. The van der Waals surface area contributed by atoms with Gasteiger partial charge in [-0.1, -0.05) is 0 Å². The Kier molecular flexibility index (Phi) is 37.2. The average Bonchev–Trinajstić information content (AvgIpc) is 3.19. The van der Waals surface area contributed by atoms with Gasteiger partial charge in [-0.05, 0) is 0 Å². The van der Waals surface area contributed by atoms with E-state index in [9.17, 15) is 0 Å². The van der Waals surface area contributed by atoms with Gasteiger partial charge < -0.3 is 0 Å². The van der Waals surface area contributed by atoms with Gasteiger partial charge in [0.2, 0.25) is 0 Å². The molecule has 0 saturated carbocycles. The third-order valence-corrected chi connectivity index (χ3v) is 30.1. The predicted octanol–water partition coefficient (Wildman–Crippen LogP) is 19.9. The van der Waals surface area contributed by atoms with Crippen LogP contribution in [0.3, 0.4) is 0 Å². The van der Waals surface area contributed by atoms with E-state index in [1.807, 2.05) is 0 Å². The first-order valence-corrected chi connectivity index (χ1v) is 33.4. The van der Waals surface area contributed by atoms with Crippen LogP contribution in [-0.2, 0) is 0 Å². The second-order valence-electron chi connectivity index (χ2n) is 18.4. The van der Waals surface area contributed by atoms with Gasteiger partial charge in [-0.2, -0.15) is 0 Å². The van der Waals surface area contributed by atoms with Crippen molar-refractivity contribution in [3.05, 3.63) is 0 Å². The summed E-state index contributed by atoms with van der Waals surface area (Å²) in [7, 11) is 0.